The van der Waals surface area contributed by atoms with E-state index in [-0.39, 0.29) is 13.2 Å². The maximum Gasteiger partial charge on any atom is 0.325 e. The number of urea groups is 1. The highest BCUT2D eigenvalue weighted by Crippen LogP contribution is 2.32. The van der Waals surface area contributed by atoms with Crippen LogP contribution in [-0.2, 0) is 10.3 Å². The molecule has 0 radical (unpaired) electrons. The summed E-state index contributed by atoms with van der Waals surface area (Å²) in [4.78, 5) is 26.0. The molecule has 2 aromatic rings. The van der Waals surface area contributed by atoms with Gasteiger partial charge < -0.3 is 10.1 Å². The quantitative estimate of drug-likeness (QED) is 0.816. The largest absolute Gasteiger partial charge is 0.491 e. The summed E-state index contributed by atoms with van der Waals surface area (Å²) in [5.74, 6) is -1.81. The third kappa shape index (κ3) is 3.25. The number of carbonyl (C=O) groups is 2. The maximum atomic E-state index is 14.2. The topological polar surface area (TPSA) is 58.6 Å². The molecular weight excluding hydrogens is 354 g/mol. The highest BCUT2D eigenvalue weighted by Gasteiger charge is 2.51. The highest BCUT2D eigenvalue weighted by molar-refractivity contribution is 6.07. The van der Waals surface area contributed by atoms with Gasteiger partial charge in [0.2, 0.25) is 0 Å². The number of halogens is 2. The summed E-state index contributed by atoms with van der Waals surface area (Å²) in [6.07, 6.45) is 0. The molecule has 1 N–H and O–H groups in total. The van der Waals surface area contributed by atoms with Crippen molar-refractivity contribution in [1.82, 2.24) is 10.2 Å². The van der Waals surface area contributed by atoms with Crippen molar-refractivity contribution < 1.29 is 23.1 Å². The lowest BCUT2D eigenvalue weighted by atomic mass is 9.91. The second kappa shape index (κ2) is 6.98. The minimum Gasteiger partial charge on any atom is -0.491 e. The Labute approximate surface area is 155 Å². The molecule has 0 unspecified atom stereocenters. The number of nitrogens with zero attached hydrogens (tertiary/aromatic N) is 1. The van der Waals surface area contributed by atoms with Crippen LogP contribution in [0.2, 0.25) is 0 Å². The summed E-state index contributed by atoms with van der Waals surface area (Å²) in [5.41, 5.74) is -0.400. The van der Waals surface area contributed by atoms with Crippen LogP contribution >= 0.6 is 0 Å². The average Bonchev–Trinajstić information content (AvgIpc) is 2.80. The monoisotopic (exact) mass is 374 g/mol. The number of para-hydroxylation sites is 1. The highest BCUT2D eigenvalue weighted by atomic mass is 19.1. The van der Waals surface area contributed by atoms with E-state index in [0.29, 0.717) is 5.75 Å². The number of aryl methyl sites for hydroxylation is 2. The number of carbonyl (C=O) groups excluding carboxylic acids is 2. The number of ether oxygens (including phenoxy) is 1. The van der Waals surface area contributed by atoms with Gasteiger partial charge in [-0.25, -0.2) is 13.6 Å². The van der Waals surface area contributed by atoms with E-state index in [1.807, 2.05) is 32.0 Å². The Morgan fingerprint density at radius 2 is 1.59 bits per heavy atom. The van der Waals surface area contributed by atoms with Crippen LogP contribution in [0.4, 0.5) is 13.6 Å². The summed E-state index contributed by atoms with van der Waals surface area (Å²) < 4.78 is 34.0. The molecule has 142 valence electrons. The van der Waals surface area contributed by atoms with E-state index in [1.54, 1.807) is 0 Å². The van der Waals surface area contributed by atoms with E-state index in [0.717, 1.165) is 28.2 Å². The summed E-state index contributed by atoms with van der Waals surface area (Å²) in [5, 5.41) is 2.40. The van der Waals surface area contributed by atoms with Crippen molar-refractivity contribution in [2.75, 3.05) is 13.2 Å². The standard InChI is InChI=1S/C20H20F2N2O3/c1-12-6-4-7-13(2)17(12)27-11-10-24-18(25)20(3,23-19(24)26)16-14(21)8-5-9-15(16)22/h4-9H,10-11H2,1-3H3,(H,23,26)/t20-/m0/s1. The van der Waals surface area contributed by atoms with Crippen molar-refractivity contribution in [2.45, 2.75) is 26.3 Å². The molecule has 5 nitrogen and oxygen atoms in total. The molecule has 0 aromatic heterocycles. The predicted octanol–water partition coefficient (Wildman–Crippen LogP) is 3.43. The number of hydrogen-bond acceptors (Lipinski definition) is 3. The van der Waals surface area contributed by atoms with E-state index in [2.05, 4.69) is 5.32 Å². The van der Waals surface area contributed by atoms with Crippen LogP contribution < -0.4 is 10.1 Å². The Hall–Kier alpha value is -2.96. The molecule has 0 bridgehead atoms. The van der Waals surface area contributed by atoms with Crippen molar-refractivity contribution in [3.63, 3.8) is 0 Å². The fraction of sp³-hybridized carbons (Fsp3) is 0.300. The summed E-state index contributed by atoms with van der Waals surface area (Å²) in [7, 11) is 0. The third-order valence-electron chi connectivity index (χ3n) is 4.71. The molecule has 0 saturated carbocycles. The van der Waals surface area contributed by atoms with Gasteiger partial charge in [-0.3, -0.25) is 9.69 Å². The fourth-order valence-electron chi connectivity index (χ4n) is 3.31. The van der Waals surface area contributed by atoms with Gasteiger partial charge in [0, 0.05) is 0 Å². The zero-order valence-corrected chi connectivity index (χ0v) is 15.3. The lowest BCUT2D eigenvalue weighted by molar-refractivity contribution is -0.131. The number of nitrogens with one attached hydrogen (secondary N) is 1. The Morgan fingerprint density at radius 3 is 2.19 bits per heavy atom. The van der Waals surface area contributed by atoms with Crippen LogP contribution in [0.25, 0.3) is 0 Å². The van der Waals surface area contributed by atoms with Gasteiger partial charge in [0.1, 0.15) is 29.5 Å². The van der Waals surface area contributed by atoms with Gasteiger partial charge in [0.05, 0.1) is 12.1 Å². The Kier molecular flexibility index (Phi) is 4.87. The maximum absolute atomic E-state index is 14.2. The van der Waals surface area contributed by atoms with E-state index in [4.69, 9.17) is 4.74 Å². The molecule has 0 spiro atoms. The van der Waals surface area contributed by atoms with Crippen molar-refractivity contribution in [1.29, 1.82) is 0 Å². The zero-order valence-electron chi connectivity index (χ0n) is 15.3. The number of amides is 3. The molecular formula is C20H20F2N2O3. The summed E-state index contributed by atoms with van der Waals surface area (Å²) in [6.45, 7) is 5.12. The van der Waals surface area contributed by atoms with E-state index in [1.165, 1.54) is 13.0 Å². The Bertz CT molecular complexity index is 876. The molecule has 7 heteroatoms. The summed E-state index contributed by atoms with van der Waals surface area (Å²) >= 11 is 0. The smallest absolute Gasteiger partial charge is 0.325 e. The van der Waals surface area contributed by atoms with E-state index in [9.17, 15) is 18.4 Å². The van der Waals surface area contributed by atoms with E-state index < -0.39 is 34.7 Å². The number of rotatable bonds is 5. The molecule has 3 amide bonds. The van der Waals surface area contributed by atoms with Gasteiger partial charge in [-0.05, 0) is 44.0 Å². The van der Waals surface area contributed by atoms with Gasteiger partial charge in [0.25, 0.3) is 5.91 Å². The number of hydrogen-bond donors (Lipinski definition) is 1. The molecule has 1 fully saturated rings. The van der Waals surface area contributed by atoms with Crippen LogP contribution in [0.3, 0.4) is 0 Å². The normalized spacial score (nSPS) is 19.4. The lowest BCUT2D eigenvalue weighted by Crippen LogP contribution is -2.43. The van der Waals surface area contributed by atoms with Gasteiger partial charge in [-0.2, -0.15) is 0 Å². The first-order valence-corrected chi connectivity index (χ1v) is 8.53. The molecule has 1 aliphatic heterocycles. The second-order valence-corrected chi connectivity index (χ2v) is 6.68. The third-order valence-corrected chi connectivity index (χ3v) is 4.71. The van der Waals surface area contributed by atoms with Crippen molar-refractivity contribution >= 4 is 11.9 Å². The molecule has 1 aliphatic rings. The van der Waals surface area contributed by atoms with Crippen molar-refractivity contribution in [3.8, 4) is 5.75 Å². The molecule has 3 rings (SSSR count). The van der Waals surface area contributed by atoms with Crippen LogP contribution in [0.5, 0.6) is 5.75 Å². The van der Waals surface area contributed by atoms with E-state index >= 15 is 0 Å². The van der Waals surface area contributed by atoms with Gasteiger partial charge >= 0.3 is 6.03 Å². The van der Waals surface area contributed by atoms with Crippen LogP contribution in [0.15, 0.2) is 36.4 Å². The molecule has 0 aliphatic carbocycles. The first-order valence-electron chi connectivity index (χ1n) is 8.53. The second-order valence-electron chi connectivity index (χ2n) is 6.68. The molecule has 27 heavy (non-hydrogen) atoms. The molecule has 1 saturated heterocycles. The lowest BCUT2D eigenvalue weighted by Gasteiger charge is -2.23. The minimum atomic E-state index is -1.80. The Balaban J connectivity index is 1.77. The number of benzene rings is 2. The van der Waals surface area contributed by atoms with Crippen LogP contribution in [0, 0.1) is 25.5 Å². The fourth-order valence-corrected chi connectivity index (χ4v) is 3.31. The first kappa shape index (κ1) is 18.8. The molecule has 1 heterocycles. The predicted molar refractivity (Wildman–Crippen MR) is 95.4 cm³/mol. The molecule has 1 atom stereocenters. The average molecular weight is 374 g/mol. The van der Waals surface area contributed by atoms with Crippen LogP contribution in [-0.4, -0.2) is 30.0 Å². The van der Waals surface area contributed by atoms with Crippen molar-refractivity contribution in [3.05, 3.63) is 64.7 Å². The SMILES string of the molecule is Cc1cccc(C)c1OCCN1C(=O)N[C@@](C)(c2c(F)cccc2F)C1=O. The number of imide groups is 1. The van der Waals surface area contributed by atoms with Crippen LogP contribution in [0.1, 0.15) is 23.6 Å². The minimum absolute atomic E-state index is 0.0376. The van der Waals surface area contributed by atoms with Crippen molar-refractivity contribution in [2.24, 2.45) is 0 Å². The Morgan fingerprint density at radius 1 is 1.04 bits per heavy atom. The summed E-state index contributed by atoms with van der Waals surface area (Å²) in [6, 6.07) is 8.29. The first-order chi connectivity index (χ1) is 12.8. The molecule has 2 aromatic carbocycles. The van der Waals surface area contributed by atoms with Gasteiger partial charge in [-0.1, -0.05) is 24.3 Å². The van der Waals surface area contributed by atoms with Gasteiger partial charge in [-0.15, -0.1) is 0 Å². The van der Waals surface area contributed by atoms with Gasteiger partial charge in [0.15, 0.2) is 0 Å². The zero-order chi connectivity index (χ0) is 19.8.